The number of nitrogens with one attached hydrogen (secondary N) is 1. The molecule has 3 heteroatoms. The van der Waals surface area contributed by atoms with Crippen LogP contribution in [0.15, 0.2) is 18.2 Å². The number of hydrogen-bond donors (Lipinski definition) is 1. The van der Waals surface area contributed by atoms with Gasteiger partial charge in [0.25, 0.3) is 5.91 Å². The van der Waals surface area contributed by atoms with Crippen molar-refractivity contribution in [3.63, 3.8) is 0 Å². The molecule has 0 aliphatic carbocycles. The van der Waals surface area contributed by atoms with E-state index in [-0.39, 0.29) is 11.9 Å². The van der Waals surface area contributed by atoms with Crippen molar-refractivity contribution in [2.75, 3.05) is 7.11 Å². The number of amides is 1. The summed E-state index contributed by atoms with van der Waals surface area (Å²) in [5.74, 6) is 0.627. The molecular formula is C14H21NO2. The molecule has 0 aromatic heterocycles. The smallest absolute Gasteiger partial charge is 0.255 e. The second-order valence-electron chi connectivity index (χ2n) is 4.13. The lowest BCUT2D eigenvalue weighted by atomic mass is 10.1. The number of carbonyl (C=O) groups excluding carboxylic acids is 1. The topological polar surface area (TPSA) is 38.3 Å². The predicted octanol–water partition coefficient (Wildman–Crippen LogP) is 2.79. The van der Waals surface area contributed by atoms with Crippen LogP contribution < -0.4 is 10.1 Å². The minimum absolute atomic E-state index is 0.0634. The van der Waals surface area contributed by atoms with Crippen molar-refractivity contribution in [3.8, 4) is 5.75 Å². The van der Waals surface area contributed by atoms with E-state index in [0.717, 1.165) is 18.4 Å². The minimum Gasteiger partial charge on any atom is -0.496 e. The number of benzene rings is 1. The van der Waals surface area contributed by atoms with E-state index in [1.807, 2.05) is 32.9 Å². The minimum atomic E-state index is -0.0634. The van der Waals surface area contributed by atoms with Crippen LogP contribution in [0.1, 0.15) is 43.1 Å². The highest BCUT2D eigenvalue weighted by atomic mass is 16.5. The Labute approximate surface area is 103 Å². The van der Waals surface area contributed by atoms with Gasteiger partial charge in [-0.2, -0.15) is 0 Å². The first kappa shape index (κ1) is 13.6. The first-order chi connectivity index (χ1) is 8.13. The molecule has 0 aliphatic rings. The summed E-state index contributed by atoms with van der Waals surface area (Å²) in [5.41, 5.74) is 1.68. The Hall–Kier alpha value is -1.51. The standard InChI is InChI=1S/C14H21NO2/c1-5-10(3)15-14(16)12-9-7-8-11(6-2)13(12)17-4/h7-10H,5-6H2,1-4H3,(H,15,16). The molecule has 94 valence electrons. The van der Waals surface area contributed by atoms with Crippen LogP contribution in [0.5, 0.6) is 5.75 Å². The predicted molar refractivity (Wildman–Crippen MR) is 69.6 cm³/mol. The van der Waals surface area contributed by atoms with Crippen LogP contribution in [-0.2, 0) is 6.42 Å². The monoisotopic (exact) mass is 235 g/mol. The van der Waals surface area contributed by atoms with Gasteiger partial charge in [0.1, 0.15) is 5.75 Å². The zero-order valence-corrected chi connectivity index (χ0v) is 11.0. The van der Waals surface area contributed by atoms with Gasteiger partial charge in [0.2, 0.25) is 0 Å². The van der Waals surface area contributed by atoms with Gasteiger partial charge < -0.3 is 10.1 Å². The van der Waals surface area contributed by atoms with E-state index in [1.165, 1.54) is 0 Å². The largest absolute Gasteiger partial charge is 0.496 e. The Bertz CT molecular complexity index is 388. The van der Waals surface area contributed by atoms with E-state index in [1.54, 1.807) is 13.2 Å². The van der Waals surface area contributed by atoms with Crippen molar-refractivity contribution in [3.05, 3.63) is 29.3 Å². The second kappa shape index (κ2) is 6.28. The van der Waals surface area contributed by atoms with Crippen LogP contribution in [0.3, 0.4) is 0 Å². The summed E-state index contributed by atoms with van der Waals surface area (Å²) in [6, 6.07) is 5.86. The molecule has 0 aliphatic heterocycles. The summed E-state index contributed by atoms with van der Waals surface area (Å²) >= 11 is 0. The highest BCUT2D eigenvalue weighted by Gasteiger charge is 2.15. The summed E-state index contributed by atoms with van der Waals surface area (Å²) < 4.78 is 5.34. The molecule has 1 aromatic carbocycles. The molecule has 17 heavy (non-hydrogen) atoms. The molecule has 0 fully saturated rings. The molecule has 1 rings (SSSR count). The second-order valence-corrected chi connectivity index (χ2v) is 4.13. The molecule has 1 unspecified atom stereocenters. The number of rotatable bonds is 5. The van der Waals surface area contributed by atoms with Crippen molar-refractivity contribution in [2.45, 2.75) is 39.7 Å². The lowest BCUT2D eigenvalue weighted by Crippen LogP contribution is -2.32. The summed E-state index contributed by atoms with van der Waals surface area (Å²) in [4.78, 5) is 12.1. The molecule has 1 aromatic rings. The van der Waals surface area contributed by atoms with Crippen molar-refractivity contribution in [1.29, 1.82) is 0 Å². The molecule has 3 nitrogen and oxygen atoms in total. The van der Waals surface area contributed by atoms with Gasteiger partial charge in [-0.1, -0.05) is 26.0 Å². The number of carbonyl (C=O) groups is 1. The van der Waals surface area contributed by atoms with Crippen LogP contribution in [0.2, 0.25) is 0 Å². The van der Waals surface area contributed by atoms with Crippen molar-refractivity contribution in [1.82, 2.24) is 5.32 Å². The number of methoxy groups -OCH3 is 1. The van der Waals surface area contributed by atoms with Crippen molar-refractivity contribution >= 4 is 5.91 Å². The third kappa shape index (κ3) is 3.22. The first-order valence-corrected chi connectivity index (χ1v) is 6.10. The quantitative estimate of drug-likeness (QED) is 0.852. The fourth-order valence-corrected chi connectivity index (χ4v) is 1.69. The summed E-state index contributed by atoms with van der Waals surface area (Å²) in [6.07, 6.45) is 1.77. The van der Waals surface area contributed by atoms with E-state index >= 15 is 0 Å². The normalized spacial score (nSPS) is 12.0. The Balaban J connectivity index is 3.00. The highest BCUT2D eigenvalue weighted by molar-refractivity contribution is 5.97. The Morgan fingerprint density at radius 2 is 2.12 bits per heavy atom. The molecule has 0 radical (unpaired) electrons. The van der Waals surface area contributed by atoms with Crippen LogP contribution in [0, 0.1) is 0 Å². The van der Waals surface area contributed by atoms with Crippen LogP contribution in [0.25, 0.3) is 0 Å². The van der Waals surface area contributed by atoms with Gasteiger partial charge in [-0.25, -0.2) is 0 Å². The van der Waals surface area contributed by atoms with E-state index in [9.17, 15) is 4.79 Å². The van der Waals surface area contributed by atoms with Gasteiger partial charge in [-0.15, -0.1) is 0 Å². The summed E-state index contributed by atoms with van der Waals surface area (Å²) in [6.45, 7) is 6.09. The van der Waals surface area contributed by atoms with Gasteiger partial charge in [0.05, 0.1) is 12.7 Å². The lowest BCUT2D eigenvalue weighted by molar-refractivity contribution is 0.0936. The third-order valence-electron chi connectivity index (χ3n) is 2.92. The molecule has 0 heterocycles. The van der Waals surface area contributed by atoms with Crippen LogP contribution in [-0.4, -0.2) is 19.1 Å². The van der Waals surface area contributed by atoms with Crippen molar-refractivity contribution < 1.29 is 9.53 Å². The number of para-hydroxylation sites is 1. The van der Waals surface area contributed by atoms with E-state index in [4.69, 9.17) is 4.74 Å². The maximum Gasteiger partial charge on any atom is 0.255 e. The maximum atomic E-state index is 12.1. The average Bonchev–Trinajstić information content (AvgIpc) is 2.37. The molecule has 0 bridgehead atoms. The zero-order valence-electron chi connectivity index (χ0n) is 11.0. The summed E-state index contributed by atoms with van der Waals surface area (Å²) in [5, 5.41) is 2.95. The van der Waals surface area contributed by atoms with E-state index < -0.39 is 0 Å². The molecule has 1 N–H and O–H groups in total. The molecule has 1 atom stereocenters. The Morgan fingerprint density at radius 1 is 1.41 bits per heavy atom. The van der Waals surface area contributed by atoms with E-state index in [2.05, 4.69) is 5.32 Å². The highest BCUT2D eigenvalue weighted by Crippen LogP contribution is 2.24. The Kier molecular flexibility index (Phi) is 5.01. The number of hydrogen-bond acceptors (Lipinski definition) is 2. The molecule has 0 spiro atoms. The average molecular weight is 235 g/mol. The van der Waals surface area contributed by atoms with Crippen LogP contribution >= 0.6 is 0 Å². The maximum absolute atomic E-state index is 12.1. The van der Waals surface area contributed by atoms with Gasteiger partial charge in [0, 0.05) is 6.04 Å². The molecule has 0 saturated heterocycles. The van der Waals surface area contributed by atoms with E-state index in [0.29, 0.717) is 11.3 Å². The van der Waals surface area contributed by atoms with Gasteiger partial charge >= 0.3 is 0 Å². The SMILES string of the molecule is CCc1cccc(C(=O)NC(C)CC)c1OC. The van der Waals surface area contributed by atoms with Gasteiger partial charge in [-0.3, -0.25) is 4.79 Å². The van der Waals surface area contributed by atoms with Crippen molar-refractivity contribution in [2.24, 2.45) is 0 Å². The van der Waals surface area contributed by atoms with Crippen LogP contribution in [0.4, 0.5) is 0 Å². The fraction of sp³-hybridized carbons (Fsp3) is 0.500. The summed E-state index contributed by atoms with van der Waals surface area (Å²) in [7, 11) is 1.61. The first-order valence-electron chi connectivity index (χ1n) is 6.10. The van der Waals surface area contributed by atoms with Gasteiger partial charge in [0.15, 0.2) is 0 Å². The number of aryl methyl sites for hydroxylation is 1. The zero-order chi connectivity index (χ0) is 12.8. The lowest BCUT2D eigenvalue weighted by Gasteiger charge is -2.15. The Morgan fingerprint density at radius 3 is 2.65 bits per heavy atom. The molecule has 0 saturated carbocycles. The number of ether oxygens (including phenoxy) is 1. The fourth-order valence-electron chi connectivity index (χ4n) is 1.69. The molecular weight excluding hydrogens is 214 g/mol. The third-order valence-corrected chi connectivity index (χ3v) is 2.92. The van der Waals surface area contributed by atoms with Gasteiger partial charge in [-0.05, 0) is 31.4 Å². The molecule has 1 amide bonds.